The van der Waals surface area contributed by atoms with E-state index in [-0.39, 0.29) is 11.7 Å². The number of hydrogen-bond donors (Lipinski definition) is 0. The van der Waals surface area contributed by atoms with Crippen LogP contribution >= 0.6 is 11.3 Å². The van der Waals surface area contributed by atoms with E-state index in [9.17, 15) is 9.18 Å². The highest BCUT2D eigenvalue weighted by atomic mass is 32.1. The second-order valence-electron chi connectivity index (χ2n) is 6.78. The van der Waals surface area contributed by atoms with Crippen molar-refractivity contribution in [2.24, 2.45) is 0 Å². The van der Waals surface area contributed by atoms with Gasteiger partial charge in [-0.2, -0.15) is 0 Å². The maximum absolute atomic E-state index is 13.1. The van der Waals surface area contributed by atoms with E-state index in [1.54, 1.807) is 23.5 Å². The van der Waals surface area contributed by atoms with Gasteiger partial charge in [-0.15, -0.1) is 11.3 Å². The molecule has 27 heavy (non-hydrogen) atoms. The normalized spacial score (nSPS) is 18.7. The molecule has 6 nitrogen and oxygen atoms in total. The molecular formula is C19H23FN4O2S. The topological polar surface area (TPSA) is 48.9 Å². The molecule has 0 radical (unpaired) electrons. The lowest BCUT2D eigenvalue weighted by atomic mass is 10.2. The monoisotopic (exact) mass is 390 g/mol. The minimum Gasteiger partial charge on any atom is -0.378 e. The van der Waals surface area contributed by atoms with Gasteiger partial charge in [-0.05, 0) is 24.3 Å². The molecule has 4 rings (SSSR count). The van der Waals surface area contributed by atoms with Crippen LogP contribution in [0.4, 0.5) is 9.52 Å². The molecule has 2 aliphatic rings. The lowest BCUT2D eigenvalue weighted by molar-refractivity contribution is -0.136. The molecule has 8 heteroatoms. The number of piperazine rings is 1. The van der Waals surface area contributed by atoms with Gasteiger partial charge >= 0.3 is 0 Å². The SMILES string of the molecule is O=C(CN1CCN(c2nc(-c3ccc(F)cc3)cs2)CC1)N1CCOCC1. The summed E-state index contributed by atoms with van der Waals surface area (Å²) >= 11 is 1.61. The number of anilines is 1. The van der Waals surface area contributed by atoms with Crippen LogP contribution < -0.4 is 4.90 Å². The van der Waals surface area contributed by atoms with E-state index in [0.717, 1.165) is 42.6 Å². The van der Waals surface area contributed by atoms with Crippen LogP contribution in [0.2, 0.25) is 0 Å². The van der Waals surface area contributed by atoms with Gasteiger partial charge in [-0.1, -0.05) is 0 Å². The summed E-state index contributed by atoms with van der Waals surface area (Å²) in [5, 5.41) is 2.99. The summed E-state index contributed by atoms with van der Waals surface area (Å²) in [6, 6.07) is 6.42. The molecule has 0 unspecified atom stereocenters. The minimum absolute atomic E-state index is 0.194. The fourth-order valence-electron chi connectivity index (χ4n) is 3.36. The Labute approximate surface area is 162 Å². The highest BCUT2D eigenvalue weighted by Crippen LogP contribution is 2.28. The number of ether oxygens (including phenoxy) is 1. The van der Waals surface area contributed by atoms with Gasteiger partial charge in [0.2, 0.25) is 5.91 Å². The summed E-state index contributed by atoms with van der Waals surface area (Å²) in [6.45, 7) is 6.56. The van der Waals surface area contributed by atoms with Crippen molar-refractivity contribution in [1.29, 1.82) is 0 Å². The van der Waals surface area contributed by atoms with E-state index in [1.165, 1.54) is 12.1 Å². The molecule has 0 atom stereocenters. The number of morpholine rings is 1. The first-order chi connectivity index (χ1) is 13.2. The third-order valence-corrected chi connectivity index (χ3v) is 5.90. The summed E-state index contributed by atoms with van der Waals surface area (Å²) in [7, 11) is 0. The van der Waals surface area contributed by atoms with Crippen molar-refractivity contribution in [3.63, 3.8) is 0 Å². The molecule has 0 saturated carbocycles. The van der Waals surface area contributed by atoms with Crippen LogP contribution in [-0.4, -0.2) is 79.7 Å². The van der Waals surface area contributed by atoms with Crippen molar-refractivity contribution >= 4 is 22.4 Å². The van der Waals surface area contributed by atoms with Crippen molar-refractivity contribution in [3.8, 4) is 11.3 Å². The number of aromatic nitrogens is 1. The Morgan fingerprint density at radius 1 is 1.07 bits per heavy atom. The summed E-state index contributed by atoms with van der Waals surface area (Å²) in [5.41, 5.74) is 1.80. The molecule has 1 aromatic carbocycles. The Bertz CT molecular complexity index is 768. The Balaban J connectivity index is 1.30. The van der Waals surface area contributed by atoms with Gasteiger partial charge in [0, 0.05) is 50.2 Å². The van der Waals surface area contributed by atoms with E-state index in [1.807, 2.05) is 10.3 Å². The average Bonchev–Trinajstić information content (AvgIpc) is 3.20. The lowest BCUT2D eigenvalue weighted by Gasteiger charge is -2.35. The van der Waals surface area contributed by atoms with E-state index in [4.69, 9.17) is 9.72 Å². The Morgan fingerprint density at radius 3 is 2.48 bits per heavy atom. The third kappa shape index (κ3) is 4.45. The van der Waals surface area contributed by atoms with Crippen molar-refractivity contribution in [3.05, 3.63) is 35.5 Å². The van der Waals surface area contributed by atoms with Crippen LogP contribution in [0.25, 0.3) is 11.3 Å². The fraction of sp³-hybridized carbons (Fsp3) is 0.474. The number of amides is 1. The molecule has 0 bridgehead atoms. The number of hydrogen-bond acceptors (Lipinski definition) is 6. The molecule has 2 saturated heterocycles. The van der Waals surface area contributed by atoms with E-state index >= 15 is 0 Å². The Hall–Kier alpha value is -2.03. The van der Waals surface area contributed by atoms with Gasteiger partial charge in [0.25, 0.3) is 0 Å². The zero-order valence-corrected chi connectivity index (χ0v) is 16.0. The molecule has 1 amide bonds. The van der Waals surface area contributed by atoms with Gasteiger partial charge in [-0.25, -0.2) is 9.37 Å². The predicted molar refractivity (Wildman–Crippen MR) is 104 cm³/mol. The summed E-state index contributed by atoms with van der Waals surface area (Å²) in [5.74, 6) is -0.0449. The van der Waals surface area contributed by atoms with Crippen LogP contribution in [0.5, 0.6) is 0 Å². The van der Waals surface area contributed by atoms with E-state index < -0.39 is 0 Å². The van der Waals surface area contributed by atoms with Gasteiger partial charge < -0.3 is 14.5 Å². The number of thiazole rings is 1. The summed E-state index contributed by atoms with van der Waals surface area (Å²) < 4.78 is 18.4. The molecule has 2 fully saturated rings. The number of halogens is 1. The average molecular weight is 390 g/mol. The highest BCUT2D eigenvalue weighted by molar-refractivity contribution is 7.14. The third-order valence-electron chi connectivity index (χ3n) is 5.00. The molecule has 144 valence electrons. The van der Waals surface area contributed by atoms with Crippen LogP contribution in [-0.2, 0) is 9.53 Å². The molecule has 0 aliphatic carbocycles. The van der Waals surface area contributed by atoms with Crippen LogP contribution in [0.3, 0.4) is 0 Å². The van der Waals surface area contributed by atoms with Crippen molar-refractivity contribution in [2.45, 2.75) is 0 Å². The van der Waals surface area contributed by atoms with Crippen molar-refractivity contribution in [2.75, 3.05) is 63.9 Å². The summed E-state index contributed by atoms with van der Waals surface area (Å²) in [6.07, 6.45) is 0. The van der Waals surface area contributed by atoms with Gasteiger partial charge in [-0.3, -0.25) is 9.69 Å². The molecule has 0 spiro atoms. The zero-order chi connectivity index (χ0) is 18.6. The second-order valence-corrected chi connectivity index (χ2v) is 7.62. The highest BCUT2D eigenvalue weighted by Gasteiger charge is 2.24. The van der Waals surface area contributed by atoms with Gasteiger partial charge in [0.05, 0.1) is 25.5 Å². The van der Waals surface area contributed by atoms with Crippen LogP contribution in [0.15, 0.2) is 29.6 Å². The minimum atomic E-state index is -0.239. The molecule has 3 heterocycles. The van der Waals surface area contributed by atoms with Gasteiger partial charge in [0.1, 0.15) is 5.82 Å². The quantitative estimate of drug-likeness (QED) is 0.799. The largest absolute Gasteiger partial charge is 0.378 e. The standard InChI is InChI=1S/C19H23FN4O2S/c20-16-3-1-15(2-4-16)17-14-27-19(21-17)24-7-5-22(6-8-24)13-18(25)23-9-11-26-12-10-23/h1-4,14H,5-13H2. The number of benzene rings is 1. The number of carbonyl (C=O) groups excluding carboxylic acids is 1. The van der Waals surface area contributed by atoms with E-state index in [2.05, 4.69) is 9.80 Å². The van der Waals surface area contributed by atoms with Crippen molar-refractivity contribution in [1.82, 2.24) is 14.8 Å². The predicted octanol–water partition coefficient (Wildman–Crippen LogP) is 1.93. The maximum atomic E-state index is 13.1. The Kier molecular flexibility index (Phi) is 5.66. The molecule has 1 aromatic heterocycles. The van der Waals surface area contributed by atoms with Crippen LogP contribution in [0.1, 0.15) is 0 Å². The Morgan fingerprint density at radius 2 is 1.78 bits per heavy atom. The first kappa shape index (κ1) is 18.3. The lowest BCUT2D eigenvalue weighted by Crippen LogP contribution is -2.51. The number of nitrogens with zero attached hydrogens (tertiary/aromatic N) is 4. The summed E-state index contributed by atoms with van der Waals surface area (Å²) in [4.78, 5) is 23.5. The smallest absolute Gasteiger partial charge is 0.236 e. The second kappa shape index (κ2) is 8.33. The number of rotatable bonds is 4. The fourth-order valence-corrected chi connectivity index (χ4v) is 4.25. The first-order valence-electron chi connectivity index (χ1n) is 9.23. The maximum Gasteiger partial charge on any atom is 0.236 e. The number of carbonyl (C=O) groups is 1. The molecule has 2 aromatic rings. The zero-order valence-electron chi connectivity index (χ0n) is 15.1. The van der Waals surface area contributed by atoms with Crippen LogP contribution in [0, 0.1) is 5.82 Å². The molecule has 2 aliphatic heterocycles. The molecular weight excluding hydrogens is 367 g/mol. The van der Waals surface area contributed by atoms with Crippen molar-refractivity contribution < 1.29 is 13.9 Å². The van der Waals surface area contributed by atoms with Gasteiger partial charge in [0.15, 0.2) is 5.13 Å². The van der Waals surface area contributed by atoms with E-state index in [0.29, 0.717) is 32.8 Å². The first-order valence-corrected chi connectivity index (χ1v) is 10.1. The molecule has 0 N–H and O–H groups in total.